The highest BCUT2D eigenvalue weighted by Gasteiger charge is 2.23. The molecule has 0 fully saturated rings. The van der Waals surface area contributed by atoms with Crippen LogP contribution in [0.25, 0.3) is 11.0 Å². The molecule has 1 aromatic heterocycles. The number of Topliss-reactive ketones (excluding diaryl/α,β-unsaturated/α-hetero) is 1. The van der Waals surface area contributed by atoms with Crippen LogP contribution in [0.15, 0.2) is 99.9 Å². The van der Waals surface area contributed by atoms with Crippen molar-refractivity contribution in [2.45, 2.75) is 38.6 Å². The molecular weight excluding hydrogens is 680 g/mol. The number of sulfonamides is 1. The van der Waals surface area contributed by atoms with Crippen LogP contribution in [-0.4, -0.2) is 39.5 Å². The predicted molar refractivity (Wildman–Crippen MR) is 187 cm³/mol. The van der Waals surface area contributed by atoms with Crippen molar-refractivity contribution in [3.63, 3.8) is 0 Å². The van der Waals surface area contributed by atoms with Gasteiger partial charge in [-0.25, -0.2) is 8.42 Å². The summed E-state index contributed by atoms with van der Waals surface area (Å²) < 4.78 is 39.7. The number of rotatable bonds is 12. The Morgan fingerprint density at radius 2 is 1.70 bits per heavy atom. The molecule has 0 radical (unpaired) electrons. The summed E-state index contributed by atoms with van der Waals surface area (Å²) in [4.78, 5) is 26.5. The molecule has 0 aliphatic heterocycles. The highest BCUT2D eigenvalue weighted by atomic mass is 79.9. The standard InChI is InChI=1S/C37H35BrN2O6S/c1-47(43,44)40(24-25-10-3-2-4-11-25)32-22-27(18-19-31(32)38)33(41)23-39-37(42)28-13-6-5-12-26(28)20-21-45-35-17-9-15-30-29-14-7-8-16-34(29)46-36(30)35/h2-6,9-13,15,17-19,22H,7-8,14,16,20-21,23-24H2,1H3,(H,39,42). The highest BCUT2D eigenvalue weighted by Crippen LogP contribution is 2.36. The number of aryl methyl sites for hydroxylation is 2. The zero-order valence-electron chi connectivity index (χ0n) is 26.0. The van der Waals surface area contributed by atoms with Crippen LogP contribution in [-0.2, 0) is 35.8 Å². The van der Waals surface area contributed by atoms with Gasteiger partial charge in [0.05, 0.1) is 31.6 Å². The van der Waals surface area contributed by atoms with Crippen LogP contribution in [0.2, 0.25) is 0 Å². The van der Waals surface area contributed by atoms with E-state index in [4.69, 9.17) is 9.15 Å². The molecule has 1 aliphatic rings. The summed E-state index contributed by atoms with van der Waals surface area (Å²) in [6, 6.07) is 27.2. The molecule has 47 heavy (non-hydrogen) atoms. The molecule has 5 aromatic rings. The first-order valence-electron chi connectivity index (χ1n) is 15.6. The van der Waals surface area contributed by atoms with Crippen LogP contribution in [0.3, 0.4) is 0 Å². The summed E-state index contributed by atoms with van der Waals surface area (Å²) in [5, 5.41) is 3.85. The third-order valence-electron chi connectivity index (χ3n) is 8.35. The number of hydrogen-bond acceptors (Lipinski definition) is 6. The lowest BCUT2D eigenvalue weighted by Gasteiger charge is -2.24. The molecule has 4 aromatic carbocycles. The van der Waals surface area contributed by atoms with E-state index in [0.717, 1.165) is 59.8 Å². The maximum Gasteiger partial charge on any atom is 0.251 e. The van der Waals surface area contributed by atoms with E-state index in [1.165, 1.54) is 15.9 Å². The van der Waals surface area contributed by atoms with Crippen molar-refractivity contribution in [3.8, 4) is 5.75 Å². The summed E-state index contributed by atoms with van der Waals surface area (Å²) in [6.07, 6.45) is 5.88. The Morgan fingerprint density at radius 3 is 2.51 bits per heavy atom. The fourth-order valence-corrected chi connectivity index (χ4v) is 7.44. The molecule has 0 unspecified atom stereocenters. The predicted octanol–water partition coefficient (Wildman–Crippen LogP) is 7.27. The fraction of sp³-hybridized carbons (Fsp3) is 0.243. The number of fused-ring (bicyclic) bond motifs is 3. The molecule has 10 heteroatoms. The molecule has 0 spiro atoms. The van der Waals surface area contributed by atoms with Crippen LogP contribution in [0, 0.1) is 0 Å². The van der Waals surface area contributed by atoms with Gasteiger partial charge in [0.25, 0.3) is 5.91 Å². The van der Waals surface area contributed by atoms with Gasteiger partial charge in [0, 0.05) is 39.4 Å². The molecule has 242 valence electrons. The van der Waals surface area contributed by atoms with Gasteiger partial charge in [-0.1, -0.05) is 66.7 Å². The van der Waals surface area contributed by atoms with Crippen molar-refractivity contribution in [2.75, 3.05) is 23.7 Å². The minimum absolute atomic E-state index is 0.103. The number of halogens is 1. The van der Waals surface area contributed by atoms with E-state index in [-0.39, 0.29) is 30.3 Å². The molecule has 1 N–H and O–H groups in total. The molecule has 0 saturated carbocycles. The third kappa shape index (κ3) is 7.44. The number of ether oxygens (including phenoxy) is 1. The number of hydrogen-bond donors (Lipinski definition) is 1. The van der Waals surface area contributed by atoms with Crippen molar-refractivity contribution in [1.29, 1.82) is 0 Å². The van der Waals surface area contributed by atoms with Crippen LogP contribution >= 0.6 is 15.9 Å². The molecule has 1 heterocycles. The van der Waals surface area contributed by atoms with Crippen LogP contribution < -0.4 is 14.4 Å². The van der Waals surface area contributed by atoms with E-state index in [2.05, 4.69) is 27.3 Å². The molecule has 1 amide bonds. The average molecular weight is 716 g/mol. The number of para-hydroxylation sites is 1. The summed E-state index contributed by atoms with van der Waals surface area (Å²) in [6.45, 7) is 0.189. The molecular formula is C37H35BrN2O6S. The second-order valence-corrected chi connectivity index (χ2v) is 14.4. The van der Waals surface area contributed by atoms with Crippen molar-refractivity contribution in [1.82, 2.24) is 5.32 Å². The molecule has 0 saturated heterocycles. The van der Waals surface area contributed by atoms with Gasteiger partial charge in [0.2, 0.25) is 10.0 Å². The monoisotopic (exact) mass is 714 g/mol. The topological polar surface area (TPSA) is 106 Å². The van der Waals surface area contributed by atoms with Gasteiger partial charge in [-0.2, -0.15) is 0 Å². The zero-order chi connectivity index (χ0) is 33.0. The number of benzene rings is 4. The molecule has 0 bridgehead atoms. The normalized spacial score (nSPS) is 12.8. The summed E-state index contributed by atoms with van der Waals surface area (Å²) in [5.74, 6) is 1.01. The van der Waals surface area contributed by atoms with Crippen molar-refractivity contribution in [2.24, 2.45) is 0 Å². The Balaban J connectivity index is 1.11. The van der Waals surface area contributed by atoms with Gasteiger partial charge in [-0.15, -0.1) is 0 Å². The first-order chi connectivity index (χ1) is 22.7. The van der Waals surface area contributed by atoms with E-state index in [1.807, 2.05) is 54.6 Å². The fourth-order valence-electron chi connectivity index (χ4n) is 5.97. The number of furan rings is 1. The Labute approximate surface area is 282 Å². The molecule has 6 rings (SSSR count). The van der Waals surface area contributed by atoms with Gasteiger partial charge < -0.3 is 14.5 Å². The lowest BCUT2D eigenvalue weighted by molar-refractivity contribution is 0.0903. The molecule has 0 atom stereocenters. The smallest absolute Gasteiger partial charge is 0.251 e. The Hall–Kier alpha value is -4.41. The second kappa shape index (κ2) is 14.1. The highest BCUT2D eigenvalue weighted by molar-refractivity contribution is 9.10. The van der Waals surface area contributed by atoms with Crippen LogP contribution in [0.5, 0.6) is 5.75 Å². The zero-order valence-corrected chi connectivity index (χ0v) is 28.4. The Morgan fingerprint density at radius 1 is 0.936 bits per heavy atom. The summed E-state index contributed by atoms with van der Waals surface area (Å²) in [5.41, 5.74) is 4.73. The minimum atomic E-state index is -3.68. The molecule has 1 aliphatic carbocycles. The number of nitrogens with zero attached hydrogens (tertiary/aromatic N) is 1. The van der Waals surface area contributed by atoms with E-state index < -0.39 is 10.0 Å². The number of carbonyl (C=O) groups is 2. The van der Waals surface area contributed by atoms with Crippen LogP contribution in [0.1, 0.15) is 56.0 Å². The number of nitrogens with one attached hydrogen (secondary N) is 1. The minimum Gasteiger partial charge on any atom is -0.489 e. The summed E-state index contributed by atoms with van der Waals surface area (Å²) in [7, 11) is -3.68. The van der Waals surface area contributed by atoms with E-state index >= 15 is 0 Å². The first-order valence-corrected chi connectivity index (χ1v) is 18.2. The van der Waals surface area contributed by atoms with Gasteiger partial charge >= 0.3 is 0 Å². The van der Waals surface area contributed by atoms with E-state index in [9.17, 15) is 18.0 Å². The van der Waals surface area contributed by atoms with E-state index in [0.29, 0.717) is 34.5 Å². The van der Waals surface area contributed by atoms with Crippen LogP contribution in [0.4, 0.5) is 5.69 Å². The number of ketones is 1. The maximum atomic E-state index is 13.3. The third-order valence-corrected chi connectivity index (χ3v) is 10.2. The largest absolute Gasteiger partial charge is 0.489 e. The SMILES string of the molecule is CS(=O)(=O)N(Cc1ccccc1)c1cc(C(=O)CNC(=O)c2ccccc2CCOc2cccc3c4c(oc23)CCCC4)ccc1Br. The van der Waals surface area contributed by atoms with Gasteiger partial charge in [-0.05, 0) is 70.6 Å². The second-order valence-electron chi connectivity index (χ2n) is 11.6. The Kier molecular flexibility index (Phi) is 9.79. The lowest BCUT2D eigenvalue weighted by atomic mass is 9.96. The van der Waals surface area contributed by atoms with Crippen molar-refractivity contribution in [3.05, 3.63) is 129 Å². The number of carbonyl (C=O) groups excluding carboxylic acids is 2. The van der Waals surface area contributed by atoms with Crippen molar-refractivity contribution >= 4 is 54.3 Å². The first kappa shape index (κ1) is 32.5. The van der Waals surface area contributed by atoms with E-state index in [1.54, 1.807) is 24.3 Å². The average Bonchev–Trinajstić information content (AvgIpc) is 3.46. The number of anilines is 1. The van der Waals surface area contributed by atoms with Crippen molar-refractivity contribution < 1.29 is 27.2 Å². The quantitative estimate of drug-likeness (QED) is 0.136. The summed E-state index contributed by atoms with van der Waals surface area (Å²) >= 11 is 3.44. The molecule has 8 nitrogen and oxygen atoms in total. The van der Waals surface area contributed by atoms with Gasteiger partial charge in [0.1, 0.15) is 5.76 Å². The lowest BCUT2D eigenvalue weighted by Crippen LogP contribution is -2.31. The number of amides is 1. The maximum absolute atomic E-state index is 13.3. The Bertz CT molecular complexity index is 2040. The van der Waals surface area contributed by atoms with Gasteiger partial charge in [-0.3, -0.25) is 13.9 Å². The van der Waals surface area contributed by atoms with Gasteiger partial charge in [0.15, 0.2) is 17.1 Å².